The van der Waals surface area contributed by atoms with Crippen LogP contribution in [0.5, 0.6) is 11.5 Å². The molecule has 0 bridgehead atoms. The number of hydrogen-bond acceptors (Lipinski definition) is 3. The fraction of sp³-hybridized carbons (Fsp3) is 0.294. The zero-order valence-corrected chi connectivity index (χ0v) is 13.0. The molecular weight excluding hydrogens is 286 g/mol. The molecule has 21 heavy (non-hydrogen) atoms. The Balaban J connectivity index is 1.95. The first-order chi connectivity index (χ1) is 10.1. The van der Waals surface area contributed by atoms with E-state index in [1.165, 1.54) is 0 Å². The SMILES string of the molecule is COc1cccc(CNC(C)Cc2ccccc2Cl)c1O. The van der Waals surface area contributed by atoms with Crippen molar-refractivity contribution >= 4 is 11.6 Å². The van der Waals surface area contributed by atoms with E-state index >= 15 is 0 Å². The molecule has 1 atom stereocenters. The van der Waals surface area contributed by atoms with E-state index in [1.54, 1.807) is 13.2 Å². The van der Waals surface area contributed by atoms with Crippen LogP contribution in [0.15, 0.2) is 42.5 Å². The molecule has 2 aromatic carbocycles. The van der Waals surface area contributed by atoms with Gasteiger partial charge in [-0.05, 0) is 31.0 Å². The van der Waals surface area contributed by atoms with Gasteiger partial charge in [-0.3, -0.25) is 0 Å². The van der Waals surface area contributed by atoms with Gasteiger partial charge in [0.2, 0.25) is 0 Å². The second-order valence-corrected chi connectivity index (χ2v) is 5.45. The van der Waals surface area contributed by atoms with Gasteiger partial charge < -0.3 is 15.2 Å². The van der Waals surface area contributed by atoms with Crippen LogP contribution >= 0.6 is 11.6 Å². The molecule has 0 aliphatic rings. The van der Waals surface area contributed by atoms with Crippen molar-refractivity contribution in [3.8, 4) is 11.5 Å². The highest BCUT2D eigenvalue weighted by atomic mass is 35.5. The van der Waals surface area contributed by atoms with Gasteiger partial charge in [-0.25, -0.2) is 0 Å². The summed E-state index contributed by atoms with van der Waals surface area (Å²) in [4.78, 5) is 0. The number of halogens is 1. The Morgan fingerprint density at radius 3 is 2.57 bits per heavy atom. The van der Waals surface area contributed by atoms with Gasteiger partial charge in [0.1, 0.15) is 0 Å². The molecule has 0 aromatic heterocycles. The van der Waals surface area contributed by atoms with E-state index in [1.807, 2.05) is 36.4 Å². The molecule has 0 fully saturated rings. The fourth-order valence-electron chi connectivity index (χ4n) is 2.23. The maximum Gasteiger partial charge on any atom is 0.162 e. The third-order valence-electron chi connectivity index (χ3n) is 3.43. The minimum Gasteiger partial charge on any atom is -0.504 e. The molecule has 2 N–H and O–H groups in total. The van der Waals surface area contributed by atoms with E-state index in [-0.39, 0.29) is 11.8 Å². The summed E-state index contributed by atoms with van der Waals surface area (Å²) >= 11 is 6.17. The van der Waals surface area contributed by atoms with E-state index in [0.29, 0.717) is 12.3 Å². The van der Waals surface area contributed by atoms with Crippen LogP contribution in [0.25, 0.3) is 0 Å². The zero-order chi connectivity index (χ0) is 15.2. The average Bonchev–Trinajstić information content (AvgIpc) is 2.48. The first-order valence-corrected chi connectivity index (χ1v) is 7.31. The maximum absolute atomic E-state index is 10.0. The van der Waals surface area contributed by atoms with Crippen molar-refractivity contribution in [2.45, 2.75) is 25.9 Å². The summed E-state index contributed by atoms with van der Waals surface area (Å²) in [7, 11) is 1.55. The molecule has 1 unspecified atom stereocenters. The molecule has 0 aliphatic carbocycles. The van der Waals surface area contributed by atoms with Crippen molar-refractivity contribution in [3.05, 3.63) is 58.6 Å². The molecule has 3 nitrogen and oxygen atoms in total. The van der Waals surface area contributed by atoms with E-state index in [2.05, 4.69) is 12.2 Å². The molecule has 0 radical (unpaired) electrons. The smallest absolute Gasteiger partial charge is 0.162 e. The van der Waals surface area contributed by atoms with Crippen molar-refractivity contribution in [1.29, 1.82) is 0 Å². The average molecular weight is 306 g/mol. The number of methoxy groups -OCH3 is 1. The summed E-state index contributed by atoms with van der Waals surface area (Å²) in [6.45, 7) is 2.68. The standard InChI is InChI=1S/C17H20ClNO2/c1-12(10-13-6-3-4-8-15(13)18)19-11-14-7-5-9-16(21-2)17(14)20/h3-9,12,19-20H,10-11H2,1-2H3. The van der Waals surface area contributed by atoms with Gasteiger partial charge in [-0.2, -0.15) is 0 Å². The number of hydrogen-bond donors (Lipinski definition) is 2. The second kappa shape index (κ2) is 7.34. The summed E-state index contributed by atoms with van der Waals surface area (Å²) in [5.74, 6) is 0.686. The van der Waals surface area contributed by atoms with Crippen LogP contribution in [0.3, 0.4) is 0 Å². The van der Waals surface area contributed by atoms with Gasteiger partial charge in [-0.1, -0.05) is 41.9 Å². The monoisotopic (exact) mass is 305 g/mol. The van der Waals surface area contributed by atoms with Gasteiger partial charge in [0.15, 0.2) is 11.5 Å². The van der Waals surface area contributed by atoms with E-state index in [0.717, 1.165) is 22.6 Å². The lowest BCUT2D eigenvalue weighted by molar-refractivity contribution is 0.369. The summed E-state index contributed by atoms with van der Waals surface area (Å²) < 4.78 is 5.11. The lowest BCUT2D eigenvalue weighted by atomic mass is 10.1. The van der Waals surface area contributed by atoms with Crippen LogP contribution in [-0.4, -0.2) is 18.3 Å². The van der Waals surface area contributed by atoms with Gasteiger partial charge in [0.25, 0.3) is 0 Å². The van der Waals surface area contributed by atoms with Crippen molar-refractivity contribution in [1.82, 2.24) is 5.32 Å². The molecule has 0 aliphatic heterocycles. The molecular formula is C17H20ClNO2. The zero-order valence-electron chi connectivity index (χ0n) is 12.3. The first-order valence-electron chi connectivity index (χ1n) is 6.93. The fourth-order valence-corrected chi connectivity index (χ4v) is 2.44. The highest BCUT2D eigenvalue weighted by Crippen LogP contribution is 2.29. The van der Waals surface area contributed by atoms with Crippen LogP contribution in [0, 0.1) is 0 Å². The summed E-state index contributed by atoms with van der Waals surface area (Å²) in [5, 5.41) is 14.2. The van der Waals surface area contributed by atoms with Crippen LogP contribution in [-0.2, 0) is 13.0 Å². The van der Waals surface area contributed by atoms with Crippen LogP contribution in [0.1, 0.15) is 18.1 Å². The first kappa shape index (κ1) is 15.7. The number of phenols is 1. The van der Waals surface area contributed by atoms with Gasteiger partial charge in [-0.15, -0.1) is 0 Å². The van der Waals surface area contributed by atoms with Gasteiger partial charge in [0.05, 0.1) is 7.11 Å². The van der Waals surface area contributed by atoms with Crippen molar-refractivity contribution in [2.75, 3.05) is 7.11 Å². The lowest BCUT2D eigenvalue weighted by Gasteiger charge is -2.16. The largest absolute Gasteiger partial charge is 0.504 e. The quantitative estimate of drug-likeness (QED) is 0.853. The highest BCUT2D eigenvalue weighted by molar-refractivity contribution is 6.31. The number of rotatable bonds is 6. The topological polar surface area (TPSA) is 41.5 Å². The molecule has 4 heteroatoms. The summed E-state index contributed by atoms with van der Waals surface area (Å²) in [6.07, 6.45) is 0.838. The summed E-state index contributed by atoms with van der Waals surface area (Å²) in [5.41, 5.74) is 1.94. The minimum atomic E-state index is 0.192. The number of ether oxygens (including phenoxy) is 1. The van der Waals surface area contributed by atoms with Crippen LogP contribution < -0.4 is 10.1 Å². The third-order valence-corrected chi connectivity index (χ3v) is 3.80. The molecule has 0 heterocycles. The highest BCUT2D eigenvalue weighted by Gasteiger charge is 2.10. The van der Waals surface area contributed by atoms with E-state index in [9.17, 15) is 5.11 Å². The van der Waals surface area contributed by atoms with E-state index in [4.69, 9.17) is 16.3 Å². The molecule has 0 saturated heterocycles. The number of nitrogens with one attached hydrogen (secondary N) is 1. The van der Waals surface area contributed by atoms with Crippen molar-refractivity contribution < 1.29 is 9.84 Å². The van der Waals surface area contributed by atoms with Crippen molar-refractivity contribution in [2.24, 2.45) is 0 Å². The Labute approximate surface area is 130 Å². The Morgan fingerprint density at radius 2 is 1.86 bits per heavy atom. The predicted octanol–water partition coefficient (Wildman–Crippen LogP) is 3.78. The minimum absolute atomic E-state index is 0.192. The maximum atomic E-state index is 10.0. The molecule has 0 amide bonds. The predicted molar refractivity (Wildman–Crippen MR) is 86.1 cm³/mol. The van der Waals surface area contributed by atoms with Crippen molar-refractivity contribution in [3.63, 3.8) is 0 Å². The summed E-state index contributed by atoms with van der Waals surface area (Å²) in [6, 6.07) is 13.6. The van der Waals surface area contributed by atoms with Gasteiger partial charge in [0, 0.05) is 23.2 Å². The third kappa shape index (κ3) is 4.13. The molecule has 112 valence electrons. The number of aromatic hydroxyl groups is 1. The molecule has 0 spiro atoms. The number of para-hydroxylation sites is 1. The number of benzene rings is 2. The Kier molecular flexibility index (Phi) is 5.48. The lowest BCUT2D eigenvalue weighted by Crippen LogP contribution is -2.27. The Bertz CT molecular complexity index is 601. The second-order valence-electron chi connectivity index (χ2n) is 5.05. The Hall–Kier alpha value is -1.71. The number of phenolic OH excluding ortho intramolecular Hbond substituents is 1. The molecule has 2 rings (SSSR count). The van der Waals surface area contributed by atoms with E-state index < -0.39 is 0 Å². The Morgan fingerprint density at radius 1 is 1.14 bits per heavy atom. The van der Waals surface area contributed by atoms with Gasteiger partial charge >= 0.3 is 0 Å². The van der Waals surface area contributed by atoms with Crippen LogP contribution in [0.2, 0.25) is 5.02 Å². The molecule has 0 saturated carbocycles. The normalized spacial score (nSPS) is 12.1. The molecule has 2 aromatic rings. The van der Waals surface area contributed by atoms with Crippen LogP contribution in [0.4, 0.5) is 0 Å².